The van der Waals surface area contributed by atoms with Crippen LogP contribution in [-0.2, 0) is 12.6 Å². The normalized spacial score (nSPS) is 20.2. The monoisotopic (exact) mass is 303 g/mol. The molecular weight excluding hydrogens is 282 g/mol. The Hall–Kier alpha value is -1.10. The summed E-state index contributed by atoms with van der Waals surface area (Å²) in [5, 5.41) is 0. The van der Waals surface area contributed by atoms with Crippen LogP contribution in [0.1, 0.15) is 37.3 Å². The molecule has 1 fully saturated rings. The Morgan fingerprint density at radius 3 is 2.05 bits per heavy atom. The molecule has 5 heteroatoms. The van der Waals surface area contributed by atoms with Gasteiger partial charge in [0.2, 0.25) is 0 Å². The van der Waals surface area contributed by atoms with E-state index in [1.807, 2.05) is 0 Å². The standard InChI is InChI=1S/C16H21F4N/c1-15(17,12-21-9-3-2-4-10-21)11-13-5-7-14(8-6-13)16(18,19)20/h5-8H,2-4,9-12H2,1H3. The Bertz CT molecular complexity index is 444. The van der Waals surface area contributed by atoms with E-state index in [0.29, 0.717) is 12.1 Å². The molecule has 0 N–H and O–H groups in total. The Labute approximate surface area is 122 Å². The maximum absolute atomic E-state index is 14.6. The van der Waals surface area contributed by atoms with Crippen LogP contribution in [0, 0.1) is 0 Å². The minimum atomic E-state index is -4.34. The van der Waals surface area contributed by atoms with Crippen LogP contribution in [0.2, 0.25) is 0 Å². The zero-order valence-corrected chi connectivity index (χ0v) is 12.2. The van der Waals surface area contributed by atoms with Crippen molar-refractivity contribution >= 4 is 0 Å². The van der Waals surface area contributed by atoms with Gasteiger partial charge in [-0.1, -0.05) is 18.6 Å². The van der Waals surface area contributed by atoms with E-state index >= 15 is 0 Å². The molecule has 118 valence electrons. The van der Waals surface area contributed by atoms with Crippen molar-refractivity contribution in [3.05, 3.63) is 35.4 Å². The van der Waals surface area contributed by atoms with Crippen LogP contribution in [-0.4, -0.2) is 30.2 Å². The second-order valence-electron chi connectivity index (χ2n) is 6.12. The molecule has 1 aliphatic heterocycles. The number of alkyl halides is 4. The van der Waals surface area contributed by atoms with Gasteiger partial charge in [-0.25, -0.2) is 4.39 Å². The van der Waals surface area contributed by atoms with Crippen molar-refractivity contribution in [1.29, 1.82) is 0 Å². The fourth-order valence-electron chi connectivity index (χ4n) is 2.88. The molecule has 1 saturated heterocycles. The molecule has 0 saturated carbocycles. The largest absolute Gasteiger partial charge is 0.416 e. The van der Waals surface area contributed by atoms with Crippen molar-refractivity contribution in [2.24, 2.45) is 0 Å². The highest BCUT2D eigenvalue weighted by Crippen LogP contribution is 2.30. The van der Waals surface area contributed by atoms with Crippen molar-refractivity contribution in [3.8, 4) is 0 Å². The Morgan fingerprint density at radius 2 is 1.52 bits per heavy atom. The highest BCUT2D eigenvalue weighted by atomic mass is 19.4. The molecule has 0 spiro atoms. The predicted octanol–water partition coefficient (Wildman–Crippen LogP) is 4.46. The first-order chi connectivity index (χ1) is 9.76. The molecule has 0 radical (unpaired) electrons. The van der Waals surface area contributed by atoms with Gasteiger partial charge in [0.25, 0.3) is 0 Å². The fraction of sp³-hybridized carbons (Fsp3) is 0.625. The Kier molecular flexibility index (Phi) is 4.91. The van der Waals surface area contributed by atoms with Crippen molar-refractivity contribution < 1.29 is 17.6 Å². The predicted molar refractivity (Wildman–Crippen MR) is 75.0 cm³/mol. The summed E-state index contributed by atoms with van der Waals surface area (Å²) < 4.78 is 52.1. The third-order valence-corrected chi connectivity index (χ3v) is 3.86. The summed E-state index contributed by atoms with van der Waals surface area (Å²) in [5.41, 5.74) is -1.51. The van der Waals surface area contributed by atoms with Gasteiger partial charge in [0.1, 0.15) is 5.67 Å². The average molecular weight is 303 g/mol. The summed E-state index contributed by atoms with van der Waals surface area (Å²) in [6.07, 6.45) is -0.821. The lowest BCUT2D eigenvalue weighted by Crippen LogP contribution is -2.41. The van der Waals surface area contributed by atoms with Gasteiger partial charge in [-0.05, 0) is 50.6 Å². The van der Waals surface area contributed by atoms with E-state index in [1.54, 1.807) is 0 Å². The molecule has 2 rings (SSSR count). The summed E-state index contributed by atoms with van der Waals surface area (Å²) in [4.78, 5) is 2.10. The smallest absolute Gasteiger partial charge is 0.300 e. The third-order valence-electron chi connectivity index (χ3n) is 3.86. The summed E-state index contributed by atoms with van der Waals surface area (Å²) in [6.45, 7) is 3.69. The summed E-state index contributed by atoms with van der Waals surface area (Å²) in [5.74, 6) is 0. The molecule has 21 heavy (non-hydrogen) atoms. The van der Waals surface area contributed by atoms with E-state index in [1.165, 1.54) is 25.5 Å². The van der Waals surface area contributed by atoms with Crippen LogP contribution in [0.15, 0.2) is 24.3 Å². The van der Waals surface area contributed by atoms with Gasteiger partial charge in [-0.3, -0.25) is 0 Å². The molecule has 1 aromatic carbocycles. The lowest BCUT2D eigenvalue weighted by Gasteiger charge is -2.32. The third kappa shape index (κ3) is 4.99. The van der Waals surface area contributed by atoms with Crippen molar-refractivity contribution in [2.45, 2.75) is 44.5 Å². The van der Waals surface area contributed by atoms with Crippen molar-refractivity contribution in [1.82, 2.24) is 4.90 Å². The number of rotatable bonds is 4. The van der Waals surface area contributed by atoms with Crippen LogP contribution in [0.3, 0.4) is 0 Å². The number of halogens is 4. The molecule has 1 atom stereocenters. The maximum atomic E-state index is 14.6. The van der Waals surface area contributed by atoms with Gasteiger partial charge in [-0.2, -0.15) is 13.2 Å². The number of hydrogen-bond donors (Lipinski definition) is 0. The molecule has 1 unspecified atom stereocenters. The van der Waals surface area contributed by atoms with E-state index < -0.39 is 17.4 Å². The summed E-state index contributed by atoms with van der Waals surface area (Å²) >= 11 is 0. The lowest BCUT2D eigenvalue weighted by molar-refractivity contribution is -0.137. The topological polar surface area (TPSA) is 3.24 Å². The van der Waals surface area contributed by atoms with Gasteiger partial charge in [-0.15, -0.1) is 0 Å². The Balaban J connectivity index is 1.95. The highest BCUT2D eigenvalue weighted by Gasteiger charge is 2.31. The quantitative estimate of drug-likeness (QED) is 0.742. The van der Waals surface area contributed by atoms with Crippen LogP contribution >= 0.6 is 0 Å². The molecule has 0 amide bonds. The van der Waals surface area contributed by atoms with Gasteiger partial charge in [0, 0.05) is 13.0 Å². The first-order valence-electron chi connectivity index (χ1n) is 7.34. The van der Waals surface area contributed by atoms with Crippen LogP contribution in [0.4, 0.5) is 17.6 Å². The highest BCUT2D eigenvalue weighted by molar-refractivity contribution is 5.25. The molecule has 0 aromatic heterocycles. The second-order valence-corrected chi connectivity index (χ2v) is 6.12. The number of benzene rings is 1. The fourth-order valence-corrected chi connectivity index (χ4v) is 2.88. The summed E-state index contributed by atoms with van der Waals surface area (Å²) in [6, 6.07) is 4.78. The number of nitrogens with zero attached hydrogens (tertiary/aromatic N) is 1. The van der Waals surface area contributed by atoms with Crippen LogP contribution in [0.5, 0.6) is 0 Å². The number of piperidine rings is 1. The number of likely N-dealkylation sites (tertiary alicyclic amines) is 1. The van der Waals surface area contributed by atoms with E-state index in [-0.39, 0.29) is 6.42 Å². The zero-order valence-electron chi connectivity index (χ0n) is 12.2. The summed E-state index contributed by atoms with van der Waals surface area (Å²) in [7, 11) is 0. The zero-order chi connectivity index (χ0) is 15.5. The van der Waals surface area contributed by atoms with Crippen LogP contribution < -0.4 is 0 Å². The average Bonchev–Trinajstić information content (AvgIpc) is 2.38. The first-order valence-corrected chi connectivity index (χ1v) is 7.34. The van der Waals surface area contributed by atoms with Crippen molar-refractivity contribution in [2.75, 3.05) is 19.6 Å². The van der Waals surface area contributed by atoms with E-state index in [4.69, 9.17) is 0 Å². The van der Waals surface area contributed by atoms with Gasteiger partial charge >= 0.3 is 6.18 Å². The molecule has 0 bridgehead atoms. The minimum Gasteiger partial charge on any atom is -0.300 e. The van der Waals surface area contributed by atoms with Gasteiger partial charge in [0.05, 0.1) is 5.56 Å². The first kappa shape index (κ1) is 16.3. The second kappa shape index (κ2) is 6.34. The van der Waals surface area contributed by atoms with Crippen molar-refractivity contribution in [3.63, 3.8) is 0 Å². The molecular formula is C16H21F4N. The van der Waals surface area contributed by atoms with Gasteiger partial charge in [0.15, 0.2) is 0 Å². The maximum Gasteiger partial charge on any atom is 0.416 e. The van der Waals surface area contributed by atoms with Gasteiger partial charge < -0.3 is 4.90 Å². The molecule has 1 aromatic rings. The molecule has 1 heterocycles. The van der Waals surface area contributed by atoms with E-state index in [0.717, 1.165) is 38.1 Å². The van der Waals surface area contributed by atoms with E-state index in [9.17, 15) is 17.6 Å². The SMILES string of the molecule is CC(F)(Cc1ccc(C(F)(F)F)cc1)CN1CCCCC1. The van der Waals surface area contributed by atoms with E-state index in [2.05, 4.69) is 4.90 Å². The molecule has 0 aliphatic carbocycles. The number of hydrogen-bond acceptors (Lipinski definition) is 1. The van der Waals surface area contributed by atoms with Crippen LogP contribution in [0.25, 0.3) is 0 Å². The lowest BCUT2D eigenvalue weighted by atomic mass is 9.96. The molecule has 1 nitrogen and oxygen atoms in total. The minimum absolute atomic E-state index is 0.141. The molecule has 1 aliphatic rings. The Morgan fingerprint density at radius 1 is 0.952 bits per heavy atom.